The fraction of sp³-hybridized carbons (Fsp3) is 0.792. The summed E-state index contributed by atoms with van der Waals surface area (Å²) in [6.45, 7) is 4.98. The molecule has 1 aliphatic heterocycles. The van der Waals surface area contributed by atoms with Crippen LogP contribution in [0.1, 0.15) is 71.1 Å². The summed E-state index contributed by atoms with van der Waals surface area (Å²) in [5.74, 6) is -0.764. The molecule has 32 heavy (non-hydrogen) atoms. The van der Waals surface area contributed by atoms with Crippen molar-refractivity contribution in [1.82, 2.24) is 4.90 Å². The second kappa shape index (κ2) is 19.9. The molecule has 0 spiro atoms. The van der Waals surface area contributed by atoms with Crippen molar-refractivity contribution in [1.29, 1.82) is 0 Å². The lowest BCUT2D eigenvalue weighted by Crippen LogP contribution is -2.33. The monoisotopic (exact) mass is 455 g/mol. The maximum atomic E-state index is 11.7. The van der Waals surface area contributed by atoms with Crippen LogP contribution in [0.15, 0.2) is 12.2 Å². The van der Waals surface area contributed by atoms with Crippen molar-refractivity contribution in [2.45, 2.75) is 71.1 Å². The minimum atomic E-state index is -0.304. The summed E-state index contributed by atoms with van der Waals surface area (Å²) < 4.78 is 21.2. The van der Waals surface area contributed by atoms with E-state index in [1.807, 2.05) is 0 Å². The maximum absolute atomic E-state index is 11.7. The van der Waals surface area contributed by atoms with Gasteiger partial charge in [0.2, 0.25) is 0 Å². The van der Waals surface area contributed by atoms with Gasteiger partial charge in [0.15, 0.2) is 0 Å². The molecule has 0 aromatic rings. The van der Waals surface area contributed by atoms with Gasteiger partial charge in [-0.3, -0.25) is 19.3 Å². The Bertz CT molecular complexity index is 532. The van der Waals surface area contributed by atoms with Gasteiger partial charge in [0.1, 0.15) is 6.61 Å². The lowest BCUT2D eigenvalue weighted by atomic mass is 10.1. The first-order valence-electron chi connectivity index (χ1n) is 12.1. The molecule has 1 aliphatic rings. The van der Waals surface area contributed by atoms with Crippen molar-refractivity contribution in [2.24, 2.45) is 0 Å². The third-order valence-corrected chi connectivity index (χ3v) is 5.08. The molecule has 184 valence electrons. The van der Waals surface area contributed by atoms with Crippen LogP contribution in [0.25, 0.3) is 0 Å². The first-order chi connectivity index (χ1) is 15.6. The van der Waals surface area contributed by atoms with Gasteiger partial charge in [-0.25, -0.2) is 0 Å². The fourth-order valence-electron chi connectivity index (χ4n) is 3.22. The topological polar surface area (TPSA) is 91.4 Å². The zero-order valence-electron chi connectivity index (χ0n) is 19.7. The molecule has 0 saturated carbocycles. The van der Waals surface area contributed by atoms with E-state index in [-0.39, 0.29) is 37.5 Å². The molecule has 8 nitrogen and oxygen atoms in total. The molecule has 2 amide bonds. The van der Waals surface area contributed by atoms with Gasteiger partial charge in [-0.1, -0.05) is 58.3 Å². The van der Waals surface area contributed by atoms with Crippen LogP contribution in [-0.4, -0.2) is 75.5 Å². The zero-order valence-corrected chi connectivity index (χ0v) is 19.7. The Hall–Kier alpha value is -1.77. The first kappa shape index (κ1) is 28.3. The van der Waals surface area contributed by atoms with Crippen molar-refractivity contribution >= 4 is 17.8 Å². The number of hydrogen-bond donors (Lipinski definition) is 0. The van der Waals surface area contributed by atoms with Crippen LogP contribution in [0.3, 0.4) is 0 Å². The number of esters is 1. The van der Waals surface area contributed by atoms with Gasteiger partial charge in [0, 0.05) is 18.6 Å². The van der Waals surface area contributed by atoms with E-state index in [1.54, 1.807) is 0 Å². The largest absolute Gasteiger partial charge is 0.463 e. The van der Waals surface area contributed by atoms with Crippen LogP contribution >= 0.6 is 0 Å². The molecular formula is C24H41NO7. The number of unbranched alkanes of at least 4 members (excludes halogenated alkanes) is 8. The van der Waals surface area contributed by atoms with Crippen LogP contribution < -0.4 is 0 Å². The summed E-state index contributed by atoms with van der Waals surface area (Å²) in [5, 5.41) is 0. The number of nitrogens with zero attached hydrogens (tertiary/aromatic N) is 1. The molecule has 0 bridgehead atoms. The Labute approximate surface area is 192 Å². The summed E-state index contributed by atoms with van der Waals surface area (Å²) in [4.78, 5) is 35.5. The number of imide groups is 1. The molecule has 0 aromatic carbocycles. The van der Waals surface area contributed by atoms with E-state index in [0.29, 0.717) is 39.5 Å². The van der Waals surface area contributed by atoms with E-state index >= 15 is 0 Å². The molecule has 1 heterocycles. The van der Waals surface area contributed by atoms with Crippen LogP contribution in [0.4, 0.5) is 0 Å². The van der Waals surface area contributed by atoms with Crippen molar-refractivity contribution in [3.63, 3.8) is 0 Å². The molecule has 0 fully saturated rings. The Morgan fingerprint density at radius 2 is 1.16 bits per heavy atom. The minimum absolute atomic E-state index is 0.155. The smallest absolute Gasteiger partial charge is 0.305 e. The van der Waals surface area contributed by atoms with Crippen molar-refractivity contribution < 1.29 is 33.3 Å². The predicted molar refractivity (Wildman–Crippen MR) is 121 cm³/mol. The Morgan fingerprint density at radius 1 is 0.688 bits per heavy atom. The second-order valence-electron chi connectivity index (χ2n) is 7.80. The normalized spacial score (nSPS) is 13.3. The summed E-state index contributed by atoms with van der Waals surface area (Å²) in [6.07, 6.45) is 14.0. The molecule has 0 radical (unpaired) electrons. The molecule has 0 unspecified atom stereocenters. The first-order valence-corrected chi connectivity index (χ1v) is 12.1. The van der Waals surface area contributed by atoms with Crippen molar-refractivity contribution in [3.8, 4) is 0 Å². The summed E-state index contributed by atoms with van der Waals surface area (Å²) in [7, 11) is 0. The van der Waals surface area contributed by atoms with E-state index in [9.17, 15) is 14.4 Å². The van der Waals surface area contributed by atoms with Gasteiger partial charge >= 0.3 is 5.97 Å². The second-order valence-corrected chi connectivity index (χ2v) is 7.80. The highest BCUT2D eigenvalue weighted by Crippen LogP contribution is 2.10. The highest BCUT2D eigenvalue weighted by Gasteiger charge is 2.22. The van der Waals surface area contributed by atoms with Crippen molar-refractivity contribution in [2.75, 3.05) is 52.8 Å². The molecule has 0 aliphatic carbocycles. The third-order valence-electron chi connectivity index (χ3n) is 5.08. The van der Waals surface area contributed by atoms with Gasteiger partial charge in [0.05, 0.1) is 46.2 Å². The van der Waals surface area contributed by atoms with Crippen LogP contribution in [-0.2, 0) is 33.3 Å². The number of ether oxygens (including phenoxy) is 4. The maximum Gasteiger partial charge on any atom is 0.305 e. The number of carbonyl (C=O) groups excluding carboxylic acids is 3. The molecule has 1 rings (SSSR count). The lowest BCUT2D eigenvalue weighted by Gasteiger charge is -2.13. The molecule has 0 atom stereocenters. The molecule has 8 heteroatoms. The van der Waals surface area contributed by atoms with Gasteiger partial charge in [0.25, 0.3) is 11.8 Å². The summed E-state index contributed by atoms with van der Waals surface area (Å²) in [5.41, 5.74) is 0. The van der Waals surface area contributed by atoms with Gasteiger partial charge in [-0.15, -0.1) is 0 Å². The number of amides is 2. The molecule has 0 N–H and O–H groups in total. The van der Waals surface area contributed by atoms with Crippen LogP contribution in [0, 0.1) is 0 Å². The average Bonchev–Trinajstić information content (AvgIpc) is 3.10. The number of hydrogen-bond acceptors (Lipinski definition) is 7. The van der Waals surface area contributed by atoms with E-state index in [2.05, 4.69) is 6.92 Å². The zero-order chi connectivity index (χ0) is 23.3. The number of carbonyl (C=O) groups is 3. The number of rotatable bonds is 22. The fourth-order valence-corrected chi connectivity index (χ4v) is 3.22. The predicted octanol–water partition coefficient (Wildman–Crippen LogP) is 3.43. The summed E-state index contributed by atoms with van der Waals surface area (Å²) >= 11 is 0. The lowest BCUT2D eigenvalue weighted by molar-refractivity contribution is -0.145. The molecule has 0 aromatic heterocycles. The van der Waals surface area contributed by atoms with Gasteiger partial charge < -0.3 is 18.9 Å². The Kier molecular flexibility index (Phi) is 17.6. The Morgan fingerprint density at radius 3 is 1.72 bits per heavy atom. The van der Waals surface area contributed by atoms with E-state index < -0.39 is 0 Å². The van der Waals surface area contributed by atoms with Crippen LogP contribution in [0.5, 0.6) is 0 Å². The SMILES string of the molecule is CCCCCCCCCCCC(=O)OCCOCCOCCOCCN1C(=O)C=CC1=O. The van der Waals surface area contributed by atoms with Gasteiger partial charge in [-0.2, -0.15) is 0 Å². The van der Waals surface area contributed by atoms with Crippen molar-refractivity contribution in [3.05, 3.63) is 12.2 Å². The minimum Gasteiger partial charge on any atom is -0.463 e. The quantitative estimate of drug-likeness (QED) is 0.140. The standard InChI is InChI=1S/C24H41NO7/c1-2-3-4-5-6-7-8-9-10-11-24(28)32-21-20-31-19-18-30-17-16-29-15-14-25-22(26)12-13-23(25)27/h12-13H,2-11,14-21H2,1H3. The van der Waals surface area contributed by atoms with E-state index in [0.717, 1.165) is 17.7 Å². The molecule has 0 saturated heterocycles. The average molecular weight is 456 g/mol. The third kappa shape index (κ3) is 15.1. The summed E-state index contributed by atoms with van der Waals surface area (Å²) in [6, 6.07) is 0. The highest BCUT2D eigenvalue weighted by molar-refractivity contribution is 6.12. The van der Waals surface area contributed by atoms with Gasteiger partial charge in [-0.05, 0) is 6.42 Å². The van der Waals surface area contributed by atoms with E-state index in [4.69, 9.17) is 18.9 Å². The van der Waals surface area contributed by atoms with E-state index in [1.165, 1.54) is 57.1 Å². The highest BCUT2D eigenvalue weighted by atomic mass is 16.6. The van der Waals surface area contributed by atoms with Crippen LogP contribution in [0.2, 0.25) is 0 Å². The molecular weight excluding hydrogens is 414 g/mol. The Balaban J connectivity index is 1.75.